The monoisotopic (exact) mass is 391 g/mol. The van der Waals surface area contributed by atoms with Gasteiger partial charge in [0, 0.05) is 37.5 Å². The fraction of sp³-hybridized carbons (Fsp3) is 0.227. The van der Waals surface area contributed by atoms with Gasteiger partial charge in [0.25, 0.3) is 5.91 Å². The molecule has 2 aromatic carbocycles. The number of hydrogen-bond acceptors (Lipinski definition) is 3. The SMILES string of the molecule is C#Cc1cccc(NC(=O)CNC(=NC)NCCc2cccc(C(=O)NC)c2)c1. The van der Waals surface area contributed by atoms with Gasteiger partial charge < -0.3 is 21.3 Å². The van der Waals surface area contributed by atoms with Crippen LogP contribution in [0.1, 0.15) is 21.5 Å². The molecule has 7 heteroatoms. The van der Waals surface area contributed by atoms with Gasteiger partial charge in [-0.1, -0.05) is 24.1 Å². The second-order valence-corrected chi connectivity index (χ2v) is 6.16. The Morgan fingerprint density at radius 1 is 1.10 bits per heavy atom. The average Bonchev–Trinajstić information content (AvgIpc) is 2.75. The first-order valence-corrected chi connectivity index (χ1v) is 9.17. The minimum atomic E-state index is -0.208. The van der Waals surface area contributed by atoms with Crippen LogP contribution in [-0.4, -0.2) is 45.0 Å². The summed E-state index contributed by atoms with van der Waals surface area (Å²) in [4.78, 5) is 27.9. The highest BCUT2D eigenvalue weighted by Crippen LogP contribution is 2.09. The van der Waals surface area contributed by atoms with Crippen LogP contribution in [0.3, 0.4) is 0 Å². The predicted octanol–water partition coefficient (Wildman–Crippen LogP) is 1.37. The van der Waals surface area contributed by atoms with Crippen molar-refractivity contribution in [3.05, 3.63) is 65.2 Å². The Balaban J connectivity index is 1.78. The number of guanidine groups is 1. The van der Waals surface area contributed by atoms with Gasteiger partial charge in [0.15, 0.2) is 5.96 Å². The van der Waals surface area contributed by atoms with Crippen LogP contribution in [0.25, 0.3) is 0 Å². The van der Waals surface area contributed by atoms with E-state index in [4.69, 9.17) is 6.42 Å². The van der Waals surface area contributed by atoms with Crippen molar-refractivity contribution < 1.29 is 9.59 Å². The molecule has 0 atom stereocenters. The fourth-order valence-corrected chi connectivity index (χ4v) is 2.61. The van der Waals surface area contributed by atoms with Crippen molar-refractivity contribution in [3.63, 3.8) is 0 Å². The molecule has 7 nitrogen and oxygen atoms in total. The van der Waals surface area contributed by atoms with Gasteiger partial charge >= 0.3 is 0 Å². The highest BCUT2D eigenvalue weighted by molar-refractivity contribution is 5.95. The number of hydrogen-bond donors (Lipinski definition) is 4. The summed E-state index contributed by atoms with van der Waals surface area (Å²) >= 11 is 0. The van der Waals surface area contributed by atoms with Crippen LogP contribution in [-0.2, 0) is 11.2 Å². The summed E-state index contributed by atoms with van der Waals surface area (Å²) in [7, 11) is 3.24. The molecule has 0 aliphatic carbocycles. The number of amides is 2. The summed E-state index contributed by atoms with van der Waals surface area (Å²) in [5.74, 6) is 2.72. The fourth-order valence-electron chi connectivity index (χ4n) is 2.61. The van der Waals surface area contributed by atoms with Crippen molar-refractivity contribution in [2.75, 3.05) is 32.5 Å². The summed E-state index contributed by atoms with van der Waals surface area (Å²) < 4.78 is 0. The van der Waals surface area contributed by atoms with E-state index in [0.717, 1.165) is 5.56 Å². The Morgan fingerprint density at radius 3 is 2.62 bits per heavy atom. The highest BCUT2D eigenvalue weighted by atomic mass is 16.2. The van der Waals surface area contributed by atoms with Gasteiger partial charge in [0.1, 0.15) is 0 Å². The Kier molecular flexibility index (Phi) is 8.27. The van der Waals surface area contributed by atoms with Crippen molar-refractivity contribution in [2.24, 2.45) is 4.99 Å². The molecule has 0 saturated carbocycles. The van der Waals surface area contributed by atoms with Crippen molar-refractivity contribution >= 4 is 23.5 Å². The Morgan fingerprint density at radius 2 is 1.90 bits per heavy atom. The Labute approximate surface area is 171 Å². The molecule has 0 aliphatic heterocycles. The first-order chi connectivity index (χ1) is 14.0. The molecule has 2 rings (SSSR count). The molecule has 150 valence electrons. The normalized spacial score (nSPS) is 10.6. The number of aliphatic imine (C=N–C) groups is 1. The van der Waals surface area contributed by atoms with Crippen molar-refractivity contribution in [1.29, 1.82) is 0 Å². The molecule has 2 aromatic rings. The summed E-state index contributed by atoms with van der Waals surface area (Å²) in [6.45, 7) is 0.662. The first-order valence-electron chi connectivity index (χ1n) is 9.17. The molecular formula is C22H25N5O2. The molecule has 0 heterocycles. The van der Waals surface area contributed by atoms with Crippen molar-refractivity contribution in [3.8, 4) is 12.3 Å². The van der Waals surface area contributed by atoms with Crippen molar-refractivity contribution in [2.45, 2.75) is 6.42 Å². The quantitative estimate of drug-likeness (QED) is 0.326. The van der Waals surface area contributed by atoms with Gasteiger partial charge in [0.05, 0.1) is 6.54 Å². The lowest BCUT2D eigenvalue weighted by atomic mass is 10.1. The van der Waals surface area contributed by atoms with Gasteiger partial charge in [-0.2, -0.15) is 0 Å². The minimum Gasteiger partial charge on any atom is -0.356 e. The molecule has 0 aromatic heterocycles. The maximum absolute atomic E-state index is 12.1. The molecule has 0 radical (unpaired) electrons. The zero-order valence-electron chi connectivity index (χ0n) is 16.6. The third-order valence-electron chi connectivity index (χ3n) is 4.08. The number of nitrogens with zero attached hydrogens (tertiary/aromatic N) is 1. The number of rotatable bonds is 7. The topological polar surface area (TPSA) is 94.6 Å². The molecule has 0 bridgehead atoms. The van der Waals surface area contributed by atoms with Gasteiger partial charge in [-0.15, -0.1) is 6.42 Å². The lowest BCUT2D eigenvalue weighted by Crippen LogP contribution is -2.42. The number of carbonyl (C=O) groups is 2. The van der Waals surface area contributed by atoms with E-state index in [2.05, 4.69) is 32.2 Å². The standard InChI is InChI=1S/C22H25N5O2/c1-4-16-7-6-10-19(14-16)27-20(28)15-26-22(24-3)25-12-11-17-8-5-9-18(13-17)21(29)23-2/h1,5-10,13-14H,11-12,15H2,2-3H3,(H,23,29)(H,27,28)(H2,24,25,26). The molecule has 29 heavy (non-hydrogen) atoms. The smallest absolute Gasteiger partial charge is 0.251 e. The maximum atomic E-state index is 12.1. The number of terminal acetylenes is 1. The molecular weight excluding hydrogens is 366 g/mol. The van der Waals surface area contributed by atoms with Crippen LogP contribution < -0.4 is 21.3 Å². The molecule has 0 unspecified atom stereocenters. The van der Waals surface area contributed by atoms with Crippen LogP contribution in [0.5, 0.6) is 0 Å². The van der Waals surface area contributed by atoms with Gasteiger partial charge in [0.2, 0.25) is 5.91 Å². The Bertz CT molecular complexity index is 931. The zero-order valence-corrected chi connectivity index (χ0v) is 16.6. The van der Waals surface area contributed by atoms with Crippen LogP contribution in [0.2, 0.25) is 0 Å². The molecule has 0 aliphatic rings. The third kappa shape index (κ3) is 7.03. The van der Waals surface area contributed by atoms with Gasteiger partial charge in [-0.3, -0.25) is 14.6 Å². The van der Waals surface area contributed by atoms with Crippen molar-refractivity contribution in [1.82, 2.24) is 16.0 Å². The van der Waals surface area contributed by atoms with Gasteiger partial charge in [-0.05, 0) is 42.3 Å². The van der Waals surface area contributed by atoms with Crippen LogP contribution in [0.15, 0.2) is 53.5 Å². The molecule has 4 N–H and O–H groups in total. The average molecular weight is 391 g/mol. The summed E-state index contributed by atoms with van der Waals surface area (Å²) in [5.41, 5.74) is 3.00. The van der Waals surface area contributed by atoms with Crippen LogP contribution >= 0.6 is 0 Å². The van der Waals surface area contributed by atoms with E-state index in [-0.39, 0.29) is 18.4 Å². The third-order valence-corrected chi connectivity index (χ3v) is 4.08. The van der Waals surface area contributed by atoms with E-state index >= 15 is 0 Å². The second-order valence-electron chi connectivity index (χ2n) is 6.16. The number of benzene rings is 2. The largest absolute Gasteiger partial charge is 0.356 e. The van der Waals surface area contributed by atoms with E-state index in [0.29, 0.717) is 35.7 Å². The molecule has 0 fully saturated rings. The highest BCUT2D eigenvalue weighted by Gasteiger charge is 2.06. The van der Waals surface area contributed by atoms with E-state index in [9.17, 15) is 9.59 Å². The van der Waals surface area contributed by atoms with E-state index in [1.54, 1.807) is 44.4 Å². The van der Waals surface area contributed by atoms with Crippen LogP contribution in [0, 0.1) is 12.3 Å². The van der Waals surface area contributed by atoms with Crippen LogP contribution in [0.4, 0.5) is 5.69 Å². The molecule has 2 amide bonds. The minimum absolute atomic E-state index is 0.0616. The predicted molar refractivity (Wildman–Crippen MR) is 116 cm³/mol. The summed E-state index contributed by atoms with van der Waals surface area (Å²) in [5, 5.41) is 11.5. The molecule has 0 spiro atoms. The molecule has 0 saturated heterocycles. The number of anilines is 1. The maximum Gasteiger partial charge on any atom is 0.251 e. The van der Waals surface area contributed by atoms with E-state index in [1.165, 1.54) is 0 Å². The number of nitrogens with one attached hydrogen (secondary N) is 4. The van der Waals surface area contributed by atoms with E-state index in [1.807, 2.05) is 18.2 Å². The first kappa shape index (κ1) is 21.5. The Hall–Kier alpha value is -3.79. The van der Waals surface area contributed by atoms with E-state index < -0.39 is 0 Å². The lowest BCUT2D eigenvalue weighted by molar-refractivity contribution is -0.115. The lowest BCUT2D eigenvalue weighted by Gasteiger charge is -2.12. The van der Waals surface area contributed by atoms with Gasteiger partial charge in [-0.25, -0.2) is 0 Å². The number of carbonyl (C=O) groups excluding carboxylic acids is 2. The summed E-state index contributed by atoms with van der Waals surface area (Å²) in [6.07, 6.45) is 6.07. The second kappa shape index (κ2) is 11.1. The summed E-state index contributed by atoms with van der Waals surface area (Å²) in [6, 6.07) is 14.5. The zero-order chi connectivity index (χ0) is 21.1.